The highest BCUT2D eigenvalue weighted by atomic mass is 16.6. The number of benzene rings is 2. The molecule has 0 N–H and O–H groups in total. The number of hydrogen-bond acceptors (Lipinski definition) is 4. The third-order valence-corrected chi connectivity index (χ3v) is 5.73. The number of aliphatic imine (C=N–C) groups is 1. The molecule has 2 aromatic rings. The first kappa shape index (κ1) is 29.0. The largest absolute Gasteiger partial charge is 0.443 e. The lowest BCUT2D eigenvalue weighted by Gasteiger charge is -2.28. The molecule has 2 aromatic carbocycles. The van der Waals surface area contributed by atoms with Gasteiger partial charge in [0.05, 0.1) is 11.7 Å². The van der Waals surface area contributed by atoms with Gasteiger partial charge in [0.1, 0.15) is 11.2 Å². The summed E-state index contributed by atoms with van der Waals surface area (Å²) >= 11 is 0. The minimum Gasteiger partial charge on any atom is -0.443 e. The summed E-state index contributed by atoms with van der Waals surface area (Å²) in [6.07, 6.45) is 1.31. The van der Waals surface area contributed by atoms with Crippen molar-refractivity contribution in [3.8, 4) is 0 Å². The van der Waals surface area contributed by atoms with Gasteiger partial charge in [0.15, 0.2) is 0 Å². The first-order valence-electron chi connectivity index (χ1n) is 13.1. The summed E-state index contributed by atoms with van der Waals surface area (Å²) in [5, 5.41) is 0. The van der Waals surface area contributed by atoms with Crippen molar-refractivity contribution < 1.29 is 19.1 Å². The number of allylic oxidation sites excluding steroid dienone is 1. The van der Waals surface area contributed by atoms with Crippen LogP contribution in [0.3, 0.4) is 0 Å². The van der Waals surface area contributed by atoms with Gasteiger partial charge in [-0.05, 0) is 65.0 Å². The highest BCUT2D eigenvalue weighted by molar-refractivity contribution is 6.03. The van der Waals surface area contributed by atoms with Crippen LogP contribution in [0.1, 0.15) is 66.5 Å². The molecule has 0 aromatic heterocycles. The summed E-state index contributed by atoms with van der Waals surface area (Å²) in [5.41, 5.74) is 1.40. The second kappa shape index (κ2) is 11.8. The summed E-state index contributed by atoms with van der Waals surface area (Å²) in [5.74, 6) is 0.298. The van der Waals surface area contributed by atoms with E-state index in [1.54, 1.807) is 20.8 Å². The molecule has 1 aliphatic rings. The topological polar surface area (TPSA) is 71.4 Å². The summed E-state index contributed by atoms with van der Waals surface area (Å²) in [6, 6.07) is 19.8. The van der Waals surface area contributed by atoms with Crippen LogP contribution in [-0.4, -0.2) is 45.2 Å². The van der Waals surface area contributed by atoms with Crippen LogP contribution in [0.2, 0.25) is 0 Å². The quantitative estimate of drug-likeness (QED) is 0.418. The molecule has 1 aliphatic heterocycles. The van der Waals surface area contributed by atoms with Crippen LogP contribution in [0.4, 0.5) is 9.59 Å². The molecule has 7 heteroatoms. The lowest BCUT2D eigenvalue weighted by Crippen LogP contribution is -2.42. The van der Waals surface area contributed by atoms with Gasteiger partial charge in [0, 0.05) is 6.54 Å². The molecule has 0 bridgehead atoms. The van der Waals surface area contributed by atoms with Crippen molar-refractivity contribution in [1.82, 2.24) is 9.80 Å². The molecule has 1 fully saturated rings. The summed E-state index contributed by atoms with van der Waals surface area (Å²) < 4.78 is 11.4. The zero-order valence-corrected chi connectivity index (χ0v) is 23.9. The fraction of sp³-hybridized carbons (Fsp3) is 0.452. The Morgan fingerprint density at radius 3 is 1.89 bits per heavy atom. The van der Waals surface area contributed by atoms with Gasteiger partial charge in [0.25, 0.3) is 0 Å². The molecule has 1 unspecified atom stereocenters. The fourth-order valence-corrected chi connectivity index (χ4v) is 4.33. The van der Waals surface area contributed by atoms with E-state index >= 15 is 0 Å². The molecular formula is C31H41N3O4. The van der Waals surface area contributed by atoms with E-state index < -0.39 is 23.4 Å². The maximum Gasteiger partial charge on any atom is 0.437 e. The van der Waals surface area contributed by atoms with Crippen molar-refractivity contribution in [2.24, 2.45) is 10.9 Å². The lowest BCUT2D eigenvalue weighted by molar-refractivity contribution is 0.0412. The van der Waals surface area contributed by atoms with E-state index in [9.17, 15) is 9.59 Å². The predicted molar refractivity (Wildman–Crippen MR) is 151 cm³/mol. The molecule has 0 radical (unpaired) electrons. The molecule has 2 amide bonds. The Labute approximate surface area is 227 Å². The van der Waals surface area contributed by atoms with Crippen LogP contribution in [0.25, 0.3) is 0 Å². The second-order valence-electron chi connectivity index (χ2n) is 11.8. The third-order valence-electron chi connectivity index (χ3n) is 5.73. The minimum absolute atomic E-state index is 0.0945. The van der Waals surface area contributed by atoms with Crippen molar-refractivity contribution in [3.63, 3.8) is 0 Å². The number of rotatable bonds is 5. The van der Waals surface area contributed by atoms with E-state index in [1.807, 2.05) is 92.4 Å². The molecule has 0 aliphatic carbocycles. The average molecular weight is 520 g/mol. The molecular weight excluding hydrogens is 478 g/mol. The van der Waals surface area contributed by atoms with Crippen LogP contribution in [-0.2, 0) is 22.4 Å². The Hall–Kier alpha value is -3.61. The molecule has 1 saturated heterocycles. The van der Waals surface area contributed by atoms with E-state index in [2.05, 4.69) is 18.8 Å². The van der Waals surface area contributed by atoms with E-state index in [0.29, 0.717) is 13.0 Å². The second-order valence-corrected chi connectivity index (χ2v) is 11.8. The SMILES string of the molecule is CC(C)C1/C(=C/Cc2ccccc2)N(C(=O)OC(C)(C)C)/C(=N/C(=O)OC(C)(C)C)N1Cc1ccccc1. The van der Waals surface area contributed by atoms with Crippen molar-refractivity contribution >= 4 is 18.1 Å². The smallest absolute Gasteiger partial charge is 0.437 e. The highest BCUT2D eigenvalue weighted by Crippen LogP contribution is 2.35. The maximum absolute atomic E-state index is 13.7. The van der Waals surface area contributed by atoms with Crippen LogP contribution in [0, 0.1) is 5.92 Å². The standard InChI is InChI=1S/C31H41N3O4/c1-22(2)26-25(20-19-23-15-11-9-12-16-23)34(29(36)38-31(6,7)8)27(32-28(35)37-30(3,4)5)33(26)21-24-17-13-10-14-18-24/h9-18,20,22,26H,19,21H2,1-8H3/b25-20-,32-27+. The number of hydrogen-bond donors (Lipinski definition) is 0. The number of ether oxygens (including phenoxy) is 2. The number of amides is 2. The summed E-state index contributed by atoms with van der Waals surface area (Å²) in [7, 11) is 0. The van der Waals surface area contributed by atoms with Gasteiger partial charge in [-0.2, -0.15) is 0 Å². The fourth-order valence-electron chi connectivity index (χ4n) is 4.33. The van der Waals surface area contributed by atoms with Gasteiger partial charge in [0.2, 0.25) is 5.96 Å². The number of guanidine groups is 1. The summed E-state index contributed by atoms with van der Waals surface area (Å²) in [4.78, 5) is 34.6. The van der Waals surface area contributed by atoms with Crippen molar-refractivity contribution in [3.05, 3.63) is 83.6 Å². The zero-order chi connectivity index (χ0) is 28.1. The van der Waals surface area contributed by atoms with Gasteiger partial charge in [-0.15, -0.1) is 4.99 Å². The molecule has 7 nitrogen and oxygen atoms in total. The zero-order valence-electron chi connectivity index (χ0n) is 23.9. The van der Waals surface area contributed by atoms with Crippen LogP contribution in [0.15, 0.2) is 77.4 Å². The predicted octanol–water partition coefficient (Wildman–Crippen LogP) is 7.18. The molecule has 3 rings (SSSR count). The third kappa shape index (κ3) is 7.94. The Kier molecular flexibility index (Phi) is 9.02. The number of nitrogens with zero attached hydrogens (tertiary/aromatic N) is 3. The molecule has 0 saturated carbocycles. The number of carbonyl (C=O) groups excluding carboxylic acids is 2. The van der Waals surface area contributed by atoms with E-state index in [-0.39, 0.29) is 17.9 Å². The van der Waals surface area contributed by atoms with Gasteiger partial charge in [-0.1, -0.05) is 80.6 Å². The van der Waals surface area contributed by atoms with E-state index in [1.165, 1.54) is 4.90 Å². The highest BCUT2D eigenvalue weighted by Gasteiger charge is 2.46. The monoisotopic (exact) mass is 519 g/mol. The van der Waals surface area contributed by atoms with Gasteiger partial charge in [-0.25, -0.2) is 14.5 Å². The molecule has 1 atom stereocenters. The molecule has 1 heterocycles. The molecule has 0 spiro atoms. The van der Waals surface area contributed by atoms with Crippen molar-refractivity contribution in [2.45, 2.75) is 85.6 Å². The Morgan fingerprint density at radius 2 is 1.39 bits per heavy atom. The van der Waals surface area contributed by atoms with Gasteiger partial charge in [-0.3, -0.25) is 0 Å². The number of carbonyl (C=O) groups is 2. The van der Waals surface area contributed by atoms with Crippen LogP contribution >= 0.6 is 0 Å². The van der Waals surface area contributed by atoms with Crippen LogP contribution < -0.4 is 0 Å². The first-order valence-corrected chi connectivity index (χ1v) is 13.1. The van der Waals surface area contributed by atoms with Crippen molar-refractivity contribution in [1.29, 1.82) is 0 Å². The Bertz CT molecular complexity index is 1160. The van der Waals surface area contributed by atoms with E-state index in [4.69, 9.17) is 9.47 Å². The lowest BCUT2D eigenvalue weighted by atomic mass is 9.98. The molecule has 204 valence electrons. The van der Waals surface area contributed by atoms with E-state index in [0.717, 1.165) is 16.8 Å². The summed E-state index contributed by atoms with van der Waals surface area (Å²) in [6.45, 7) is 15.5. The van der Waals surface area contributed by atoms with Crippen molar-refractivity contribution in [2.75, 3.05) is 0 Å². The van der Waals surface area contributed by atoms with Crippen LogP contribution in [0.5, 0.6) is 0 Å². The normalized spacial score (nSPS) is 18.4. The van der Waals surface area contributed by atoms with Gasteiger partial charge >= 0.3 is 12.2 Å². The maximum atomic E-state index is 13.7. The van der Waals surface area contributed by atoms with Gasteiger partial charge < -0.3 is 14.4 Å². The minimum atomic E-state index is -0.758. The molecule has 38 heavy (non-hydrogen) atoms. The average Bonchev–Trinajstić information content (AvgIpc) is 3.09. The Balaban J connectivity index is 2.18. The first-order chi connectivity index (χ1) is 17.7. The Morgan fingerprint density at radius 1 is 0.868 bits per heavy atom.